The van der Waals surface area contributed by atoms with E-state index in [9.17, 15) is 0 Å². The fraction of sp³-hybridized carbons (Fsp3) is 0.941. The summed E-state index contributed by atoms with van der Waals surface area (Å²) in [5.74, 6) is 0. The summed E-state index contributed by atoms with van der Waals surface area (Å²) in [7, 11) is 0. The number of rotatable bonds is 28. The van der Waals surface area contributed by atoms with Crippen LogP contribution in [-0.2, 0) is 0 Å². The zero-order valence-electron chi connectivity index (χ0n) is 24.8. The summed E-state index contributed by atoms with van der Waals surface area (Å²) in [6.45, 7) is 10.6. The molecule has 0 bridgehead atoms. The Kier molecular flexibility index (Phi) is 39.4. The van der Waals surface area contributed by atoms with Gasteiger partial charge in [-0.2, -0.15) is 0 Å². The minimum absolute atomic E-state index is 1.21. The first-order valence-corrected chi connectivity index (χ1v) is 16.4. The lowest BCUT2D eigenvalue weighted by Crippen LogP contribution is -1.82. The molecule has 0 fully saturated rings. The largest absolute Gasteiger partial charge is 0.103 e. The lowest BCUT2D eigenvalue weighted by Gasteiger charge is -2.02. The van der Waals surface area contributed by atoms with Crippen molar-refractivity contribution < 1.29 is 0 Å². The van der Waals surface area contributed by atoms with E-state index in [1.807, 2.05) is 6.08 Å². The molecule has 0 radical (unpaired) electrons. The second kappa shape index (κ2) is 37.3. The summed E-state index contributed by atoms with van der Waals surface area (Å²) in [5, 5.41) is 0. The molecule has 0 atom stereocenters. The molecule has 0 heterocycles. The molecular formula is C34H70. The molecular weight excluding hydrogens is 408 g/mol. The summed E-state index contributed by atoms with van der Waals surface area (Å²) < 4.78 is 0. The van der Waals surface area contributed by atoms with Crippen LogP contribution in [0, 0.1) is 0 Å². The van der Waals surface area contributed by atoms with Gasteiger partial charge in [-0.25, -0.2) is 0 Å². The van der Waals surface area contributed by atoms with Gasteiger partial charge in [0.1, 0.15) is 0 Å². The molecule has 0 aliphatic carbocycles. The van der Waals surface area contributed by atoms with Crippen molar-refractivity contribution in [3.8, 4) is 0 Å². The molecule has 0 aromatic rings. The molecule has 0 rings (SSSR count). The number of hydrogen-bond acceptors (Lipinski definition) is 0. The van der Waals surface area contributed by atoms with Gasteiger partial charge in [0, 0.05) is 0 Å². The van der Waals surface area contributed by atoms with Gasteiger partial charge in [-0.3, -0.25) is 0 Å². The highest BCUT2D eigenvalue weighted by atomic mass is 14.0. The molecule has 0 saturated carbocycles. The summed E-state index contributed by atoms with van der Waals surface area (Å²) in [5.41, 5.74) is 0. The Hall–Kier alpha value is -0.260. The molecule has 0 saturated heterocycles. The zero-order chi connectivity index (χ0) is 25.2. The van der Waals surface area contributed by atoms with Crippen LogP contribution < -0.4 is 0 Å². The predicted octanol–water partition coefficient (Wildman–Crippen LogP) is 13.5. The third-order valence-corrected chi connectivity index (χ3v) is 7.22. The van der Waals surface area contributed by atoms with Gasteiger partial charge in [-0.15, -0.1) is 6.58 Å². The van der Waals surface area contributed by atoms with Crippen molar-refractivity contribution in [3.63, 3.8) is 0 Å². The lowest BCUT2D eigenvalue weighted by molar-refractivity contribution is 0.534. The van der Waals surface area contributed by atoms with Gasteiger partial charge in [0.2, 0.25) is 0 Å². The molecule has 0 aliphatic heterocycles. The Morgan fingerprint density at radius 2 is 0.471 bits per heavy atom. The van der Waals surface area contributed by atoms with Crippen molar-refractivity contribution in [2.45, 2.75) is 207 Å². The van der Waals surface area contributed by atoms with Crippen molar-refractivity contribution in [1.29, 1.82) is 0 Å². The molecule has 34 heavy (non-hydrogen) atoms. The smallest absolute Gasteiger partial charge is 0.0353 e. The molecule has 0 aromatic heterocycles. The van der Waals surface area contributed by atoms with Gasteiger partial charge in [-0.1, -0.05) is 200 Å². The number of allylic oxidation sites excluding steroid dienone is 1. The van der Waals surface area contributed by atoms with Gasteiger partial charge in [-0.05, 0) is 12.8 Å². The van der Waals surface area contributed by atoms with Crippen molar-refractivity contribution in [1.82, 2.24) is 0 Å². The monoisotopic (exact) mass is 479 g/mol. The molecule has 0 amide bonds. The summed E-state index contributed by atoms with van der Waals surface area (Å²) >= 11 is 0. The van der Waals surface area contributed by atoms with E-state index >= 15 is 0 Å². The first kappa shape index (κ1) is 35.9. The van der Waals surface area contributed by atoms with Crippen LogP contribution >= 0.6 is 0 Å². The van der Waals surface area contributed by atoms with Crippen LogP contribution in [0.3, 0.4) is 0 Å². The predicted molar refractivity (Wildman–Crippen MR) is 161 cm³/mol. The SMILES string of the molecule is C=CCCCCCCCCCCCCCCC.CCCCCCCCCCCCCCCCC. The van der Waals surface area contributed by atoms with Crippen LogP contribution in [0.4, 0.5) is 0 Å². The van der Waals surface area contributed by atoms with Crippen molar-refractivity contribution in [3.05, 3.63) is 12.7 Å². The first-order valence-electron chi connectivity index (χ1n) is 16.4. The van der Waals surface area contributed by atoms with E-state index in [0.717, 1.165) is 0 Å². The Balaban J connectivity index is 0. The van der Waals surface area contributed by atoms with Crippen LogP contribution in [0.1, 0.15) is 207 Å². The van der Waals surface area contributed by atoms with Crippen LogP contribution in [-0.4, -0.2) is 0 Å². The Morgan fingerprint density at radius 3 is 0.647 bits per heavy atom. The Labute approximate surface area is 219 Å². The average molecular weight is 479 g/mol. The van der Waals surface area contributed by atoms with Gasteiger partial charge in [0.25, 0.3) is 0 Å². The average Bonchev–Trinajstić information content (AvgIpc) is 2.85. The van der Waals surface area contributed by atoms with E-state index in [-0.39, 0.29) is 0 Å². The third kappa shape index (κ3) is 39.0. The first-order chi connectivity index (χ1) is 16.8. The number of unbranched alkanes of at least 4 members (excludes halogenated alkanes) is 27. The van der Waals surface area contributed by atoms with Gasteiger partial charge in [0.15, 0.2) is 0 Å². The topological polar surface area (TPSA) is 0 Å². The van der Waals surface area contributed by atoms with Gasteiger partial charge < -0.3 is 0 Å². The van der Waals surface area contributed by atoms with E-state index < -0.39 is 0 Å². The Bertz CT molecular complexity index is 304. The highest BCUT2D eigenvalue weighted by Crippen LogP contribution is 2.14. The Morgan fingerprint density at radius 1 is 0.294 bits per heavy atom. The fourth-order valence-corrected chi connectivity index (χ4v) is 4.75. The quantitative estimate of drug-likeness (QED) is 0.0774. The highest BCUT2D eigenvalue weighted by molar-refractivity contribution is 4.65. The minimum atomic E-state index is 1.21. The maximum absolute atomic E-state index is 3.75. The summed E-state index contributed by atoms with van der Waals surface area (Å²) in [6, 6.07) is 0. The fourth-order valence-electron chi connectivity index (χ4n) is 4.75. The molecule has 0 aromatic carbocycles. The van der Waals surface area contributed by atoms with Crippen molar-refractivity contribution in [2.24, 2.45) is 0 Å². The maximum atomic E-state index is 3.75. The normalized spacial score (nSPS) is 10.8. The van der Waals surface area contributed by atoms with E-state index in [0.29, 0.717) is 0 Å². The van der Waals surface area contributed by atoms with Crippen LogP contribution in [0.2, 0.25) is 0 Å². The van der Waals surface area contributed by atoms with E-state index in [4.69, 9.17) is 0 Å². The highest BCUT2D eigenvalue weighted by Gasteiger charge is 1.94. The standard InChI is InChI=1S/C17H36.C17H34/c2*1-3-5-7-9-11-13-15-17-16-14-12-10-8-6-4-2/h3-17H2,1-2H3;3H,1,4-17H2,2H3. The van der Waals surface area contributed by atoms with E-state index in [1.165, 1.54) is 186 Å². The van der Waals surface area contributed by atoms with Crippen LogP contribution in [0.25, 0.3) is 0 Å². The third-order valence-electron chi connectivity index (χ3n) is 7.22. The second-order valence-corrected chi connectivity index (χ2v) is 10.9. The van der Waals surface area contributed by atoms with E-state index in [1.54, 1.807) is 0 Å². The molecule has 0 N–H and O–H groups in total. The van der Waals surface area contributed by atoms with Gasteiger partial charge in [0.05, 0.1) is 0 Å². The molecule has 206 valence electrons. The number of hydrogen-bond donors (Lipinski definition) is 0. The maximum Gasteiger partial charge on any atom is -0.0353 e. The lowest BCUT2D eigenvalue weighted by atomic mass is 10.0. The van der Waals surface area contributed by atoms with Crippen LogP contribution in [0.15, 0.2) is 12.7 Å². The molecule has 0 spiro atoms. The summed E-state index contributed by atoms with van der Waals surface area (Å²) in [6.07, 6.45) is 43.9. The second-order valence-electron chi connectivity index (χ2n) is 10.9. The zero-order valence-corrected chi connectivity index (χ0v) is 24.8. The van der Waals surface area contributed by atoms with E-state index in [2.05, 4.69) is 27.4 Å². The molecule has 0 unspecified atom stereocenters. The molecule has 0 aliphatic rings. The van der Waals surface area contributed by atoms with Crippen LogP contribution in [0.5, 0.6) is 0 Å². The van der Waals surface area contributed by atoms with Crippen molar-refractivity contribution in [2.75, 3.05) is 0 Å². The molecule has 0 heteroatoms. The van der Waals surface area contributed by atoms with Crippen molar-refractivity contribution >= 4 is 0 Å². The molecule has 0 nitrogen and oxygen atoms in total. The summed E-state index contributed by atoms with van der Waals surface area (Å²) in [4.78, 5) is 0. The minimum Gasteiger partial charge on any atom is -0.103 e. The van der Waals surface area contributed by atoms with Gasteiger partial charge >= 0.3 is 0 Å².